The Kier molecular flexibility index (Phi) is 3.68. The molecular formula is C10H11BrFN3O2. The Balaban J connectivity index is 2.03. The minimum absolute atomic E-state index is 0.113. The van der Waals surface area contributed by atoms with Crippen molar-refractivity contribution in [3.05, 3.63) is 16.9 Å². The van der Waals surface area contributed by atoms with Gasteiger partial charge in [0, 0.05) is 25.2 Å². The van der Waals surface area contributed by atoms with Crippen LogP contribution in [-0.4, -0.2) is 34.7 Å². The molecule has 5 nitrogen and oxygen atoms in total. The van der Waals surface area contributed by atoms with Crippen molar-refractivity contribution < 1.29 is 13.9 Å². The third kappa shape index (κ3) is 2.98. The molecule has 1 saturated heterocycles. The maximum absolute atomic E-state index is 14.2. The van der Waals surface area contributed by atoms with Crippen molar-refractivity contribution >= 4 is 21.9 Å². The molecule has 0 saturated carbocycles. The number of piperidine rings is 1. The van der Waals surface area contributed by atoms with Crippen LogP contribution in [0.1, 0.15) is 12.8 Å². The lowest BCUT2D eigenvalue weighted by molar-refractivity contribution is -0.150. The zero-order valence-corrected chi connectivity index (χ0v) is 10.5. The van der Waals surface area contributed by atoms with Gasteiger partial charge in [-0.05, 0) is 29.0 Å². The van der Waals surface area contributed by atoms with Gasteiger partial charge in [-0.2, -0.15) is 0 Å². The lowest BCUT2D eigenvalue weighted by Gasteiger charge is -2.27. The second kappa shape index (κ2) is 5.05. The molecule has 92 valence electrons. The standard InChI is InChI=1S/C10H11BrFN3O2/c11-7-5-14-9(15-6-7)17-8(16)10(12)1-3-13-4-2-10/h5-6,13H,1-4H2. The third-order valence-corrected chi connectivity index (χ3v) is 2.95. The summed E-state index contributed by atoms with van der Waals surface area (Å²) in [6.45, 7) is 0.930. The number of nitrogens with zero attached hydrogens (tertiary/aromatic N) is 2. The van der Waals surface area contributed by atoms with E-state index in [4.69, 9.17) is 4.74 Å². The summed E-state index contributed by atoms with van der Waals surface area (Å²) in [5.41, 5.74) is -1.93. The van der Waals surface area contributed by atoms with E-state index in [1.165, 1.54) is 12.4 Å². The molecule has 0 aliphatic carbocycles. The zero-order chi connectivity index (χ0) is 12.3. The predicted molar refractivity (Wildman–Crippen MR) is 61.3 cm³/mol. The number of ether oxygens (including phenoxy) is 1. The highest BCUT2D eigenvalue weighted by Crippen LogP contribution is 2.25. The van der Waals surface area contributed by atoms with Gasteiger partial charge in [-0.15, -0.1) is 0 Å². The molecular weight excluding hydrogens is 293 g/mol. The van der Waals surface area contributed by atoms with Crippen molar-refractivity contribution in [1.82, 2.24) is 15.3 Å². The first kappa shape index (κ1) is 12.4. The van der Waals surface area contributed by atoms with Crippen LogP contribution in [0.5, 0.6) is 6.01 Å². The second-order valence-corrected chi connectivity index (χ2v) is 4.70. The minimum Gasteiger partial charge on any atom is -0.388 e. The summed E-state index contributed by atoms with van der Waals surface area (Å²) < 4.78 is 19.6. The Morgan fingerprint density at radius 2 is 2.00 bits per heavy atom. The van der Waals surface area contributed by atoms with Crippen molar-refractivity contribution in [3.63, 3.8) is 0 Å². The van der Waals surface area contributed by atoms with Crippen molar-refractivity contribution in [3.8, 4) is 6.01 Å². The molecule has 1 aliphatic rings. The molecule has 2 heterocycles. The molecule has 1 aliphatic heterocycles. The molecule has 0 atom stereocenters. The van der Waals surface area contributed by atoms with Gasteiger partial charge in [0.05, 0.1) is 4.47 Å². The second-order valence-electron chi connectivity index (χ2n) is 3.79. The highest BCUT2D eigenvalue weighted by Gasteiger charge is 2.42. The van der Waals surface area contributed by atoms with Gasteiger partial charge in [0.1, 0.15) is 0 Å². The van der Waals surface area contributed by atoms with E-state index < -0.39 is 11.6 Å². The largest absolute Gasteiger partial charge is 0.388 e. The van der Waals surface area contributed by atoms with Crippen LogP contribution >= 0.6 is 15.9 Å². The molecule has 0 unspecified atom stereocenters. The highest BCUT2D eigenvalue weighted by atomic mass is 79.9. The molecule has 17 heavy (non-hydrogen) atoms. The van der Waals surface area contributed by atoms with Crippen molar-refractivity contribution in [2.45, 2.75) is 18.5 Å². The average molecular weight is 304 g/mol. The minimum atomic E-state index is -1.93. The molecule has 1 N–H and O–H groups in total. The van der Waals surface area contributed by atoms with E-state index in [1.54, 1.807) is 0 Å². The van der Waals surface area contributed by atoms with Gasteiger partial charge in [0.25, 0.3) is 0 Å². The van der Waals surface area contributed by atoms with Crippen LogP contribution < -0.4 is 10.1 Å². The van der Waals surface area contributed by atoms with Gasteiger partial charge in [0.15, 0.2) is 0 Å². The highest BCUT2D eigenvalue weighted by molar-refractivity contribution is 9.10. The lowest BCUT2D eigenvalue weighted by atomic mass is 9.95. The van der Waals surface area contributed by atoms with Crippen LogP contribution in [0.15, 0.2) is 16.9 Å². The quantitative estimate of drug-likeness (QED) is 0.833. The van der Waals surface area contributed by atoms with Gasteiger partial charge in [-0.25, -0.2) is 19.2 Å². The van der Waals surface area contributed by atoms with E-state index in [0.717, 1.165) is 0 Å². The molecule has 0 radical (unpaired) electrons. The van der Waals surface area contributed by atoms with E-state index >= 15 is 0 Å². The lowest BCUT2D eigenvalue weighted by Crippen LogP contribution is -2.46. The summed E-state index contributed by atoms with van der Waals surface area (Å²) in [7, 11) is 0. The van der Waals surface area contributed by atoms with Crippen LogP contribution in [0.4, 0.5) is 4.39 Å². The van der Waals surface area contributed by atoms with Crippen LogP contribution in [-0.2, 0) is 4.79 Å². The molecule has 1 aromatic rings. The Morgan fingerprint density at radius 3 is 2.59 bits per heavy atom. The number of esters is 1. The van der Waals surface area contributed by atoms with Crippen LogP contribution in [0, 0.1) is 0 Å². The number of hydrogen-bond acceptors (Lipinski definition) is 5. The number of rotatable bonds is 2. The van der Waals surface area contributed by atoms with Gasteiger partial charge in [-0.3, -0.25) is 0 Å². The fourth-order valence-electron chi connectivity index (χ4n) is 1.55. The Bertz CT molecular complexity index is 407. The SMILES string of the molecule is O=C(Oc1ncc(Br)cn1)C1(F)CCNCC1. The van der Waals surface area contributed by atoms with E-state index in [1.807, 2.05) is 0 Å². The summed E-state index contributed by atoms with van der Waals surface area (Å²) in [6, 6.07) is -0.131. The Hall–Kier alpha value is -1.08. The first-order valence-electron chi connectivity index (χ1n) is 5.20. The van der Waals surface area contributed by atoms with Gasteiger partial charge in [0.2, 0.25) is 5.67 Å². The number of nitrogens with one attached hydrogen (secondary N) is 1. The van der Waals surface area contributed by atoms with Gasteiger partial charge in [-0.1, -0.05) is 0 Å². The monoisotopic (exact) mass is 303 g/mol. The topological polar surface area (TPSA) is 64.1 Å². The number of halogens is 2. The van der Waals surface area contributed by atoms with E-state index in [-0.39, 0.29) is 18.9 Å². The van der Waals surface area contributed by atoms with E-state index in [9.17, 15) is 9.18 Å². The van der Waals surface area contributed by atoms with E-state index in [2.05, 4.69) is 31.2 Å². The zero-order valence-electron chi connectivity index (χ0n) is 8.95. The normalized spacial score (nSPS) is 18.7. The molecule has 1 fully saturated rings. The molecule has 0 amide bonds. The molecule has 0 aromatic carbocycles. The van der Waals surface area contributed by atoms with Crippen LogP contribution in [0.2, 0.25) is 0 Å². The summed E-state index contributed by atoms with van der Waals surface area (Å²) in [5.74, 6) is -0.915. The smallest absolute Gasteiger partial charge is 0.351 e. The maximum atomic E-state index is 14.2. The van der Waals surface area contributed by atoms with Crippen molar-refractivity contribution in [2.75, 3.05) is 13.1 Å². The number of aromatic nitrogens is 2. The summed E-state index contributed by atoms with van der Waals surface area (Å²) in [4.78, 5) is 19.2. The Labute approximate surface area is 106 Å². The van der Waals surface area contributed by atoms with Crippen LogP contribution in [0.3, 0.4) is 0 Å². The van der Waals surface area contributed by atoms with Crippen molar-refractivity contribution in [2.24, 2.45) is 0 Å². The van der Waals surface area contributed by atoms with Crippen molar-refractivity contribution in [1.29, 1.82) is 0 Å². The summed E-state index contributed by atoms with van der Waals surface area (Å²) in [6.07, 6.45) is 3.09. The summed E-state index contributed by atoms with van der Waals surface area (Å²) >= 11 is 3.15. The van der Waals surface area contributed by atoms with Crippen LogP contribution in [0.25, 0.3) is 0 Å². The molecule has 1 aromatic heterocycles. The molecule has 2 rings (SSSR count). The fourth-order valence-corrected chi connectivity index (χ4v) is 1.76. The predicted octanol–water partition coefficient (Wildman–Crippen LogP) is 1.24. The third-order valence-electron chi connectivity index (χ3n) is 2.54. The van der Waals surface area contributed by atoms with Gasteiger partial charge >= 0.3 is 12.0 Å². The number of alkyl halides is 1. The fraction of sp³-hybridized carbons (Fsp3) is 0.500. The first-order valence-corrected chi connectivity index (χ1v) is 5.99. The maximum Gasteiger partial charge on any atom is 0.351 e. The van der Waals surface area contributed by atoms with Gasteiger partial charge < -0.3 is 10.1 Å². The number of carbonyl (C=O) groups excluding carboxylic acids is 1. The average Bonchev–Trinajstić information content (AvgIpc) is 2.33. The molecule has 7 heteroatoms. The summed E-state index contributed by atoms with van der Waals surface area (Å²) in [5, 5.41) is 2.98. The first-order chi connectivity index (χ1) is 8.10. The molecule has 0 bridgehead atoms. The number of hydrogen-bond donors (Lipinski definition) is 1. The Morgan fingerprint density at radius 1 is 1.41 bits per heavy atom. The van der Waals surface area contributed by atoms with E-state index in [0.29, 0.717) is 17.6 Å². The molecule has 0 spiro atoms. The number of carbonyl (C=O) groups is 1.